The maximum Gasteiger partial charge on any atom is 0.359 e. The van der Waals surface area contributed by atoms with Gasteiger partial charge in [0.25, 0.3) is 0 Å². The molecule has 0 fully saturated rings. The Morgan fingerprint density at radius 2 is 0.982 bits per heavy atom. The van der Waals surface area contributed by atoms with Crippen LogP contribution in [0.1, 0.15) is 68.2 Å². The van der Waals surface area contributed by atoms with Crippen LogP contribution in [-0.2, 0) is 9.47 Å². The summed E-state index contributed by atoms with van der Waals surface area (Å²) in [7, 11) is 0. The lowest BCUT2D eigenvalue weighted by Crippen LogP contribution is -2.10. The fourth-order valence-corrected chi connectivity index (χ4v) is 8.16. The molecule has 0 aliphatic carbocycles. The van der Waals surface area contributed by atoms with E-state index >= 15 is 0 Å². The lowest BCUT2D eigenvalue weighted by atomic mass is 10.1. The molecular weight excluding hydrogens is 772 g/mol. The summed E-state index contributed by atoms with van der Waals surface area (Å²) >= 11 is 12.6. The lowest BCUT2D eigenvalue weighted by Gasteiger charge is -2.21. The number of hydrogen-bond donors (Lipinski definition) is 0. The molecule has 0 spiro atoms. The van der Waals surface area contributed by atoms with E-state index in [1.165, 1.54) is 11.1 Å². The first-order valence-corrected chi connectivity index (χ1v) is 20.2. The number of halogens is 2. The standard InChI is InChI=1S/2C21H18N2O2S.CH2Cl2/c2*1-3-25-21(24)19-20-23(13-22-19)17-7-5-4-6-16(17)18(26-20)12-15-10-8-14(2)9-11-15;2-1-3/h2*4-13H,3H2,1-2H3;1H2/b2*18-12-;. The summed E-state index contributed by atoms with van der Waals surface area (Å²) in [5.41, 5.74) is 9.71. The van der Waals surface area contributed by atoms with E-state index in [0.717, 1.165) is 53.5 Å². The summed E-state index contributed by atoms with van der Waals surface area (Å²) in [6.45, 7) is 8.41. The molecule has 0 N–H and O–H groups in total. The van der Waals surface area contributed by atoms with Crippen molar-refractivity contribution < 1.29 is 19.1 Å². The summed E-state index contributed by atoms with van der Waals surface area (Å²) in [5.74, 6) is -0.773. The van der Waals surface area contributed by atoms with Crippen LogP contribution in [0.5, 0.6) is 0 Å². The molecule has 0 bridgehead atoms. The highest BCUT2D eigenvalue weighted by Gasteiger charge is 2.29. The van der Waals surface area contributed by atoms with E-state index in [2.05, 4.69) is 96.6 Å². The molecule has 0 unspecified atom stereocenters. The van der Waals surface area contributed by atoms with Crippen molar-refractivity contribution in [2.45, 2.75) is 37.7 Å². The van der Waals surface area contributed by atoms with Crippen LogP contribution < -0.4 is 0 Å². The first kappa shape index (κ1) is 39.7. The number of thioether (sulfide) groups is 2. The van der Waals surface area contributed by atoms with Gasteiger partial charge in [-0.2, -0.15) is 0 Å². The monoisotopic (exact) mass is 808 g/mol. The van der Waals surface area contributed by atoms with Gasteiger partial charge in [0.15, 0.2) is 11.4 Å². The summed E-state index contributed by atoms with van der Waals surface area (Å²) in [6, 6.07) is 33.1. The second-order valence-corrected chi connectivity index (χ2v) is 15.0. The maximum absolute atomic E-state index is 12.3. The van der Waals surface area contributed by atoms with Gasteiger partial charge in [-0.1, -0.05) is 120 Å². The number of aromatic nitrogens is 4. The smallest absolute Gasteiger partial charge is 0.359 e. The molecule has 280 valence electrons. The SMILES string of the molecule is CCOC(=O)c1ncn2c1S/C(=C\c1ccc(C)cc1)c1ccccc1-2.CCOC(=O)c1ncn2c1S/C(=C\c1ccc(C)cc1)c1ccccc1-2.ClCCl. The molecule has 0 saturated heterocycles. The minimum atomic E-state index is -0.386. The van der Waals surface area contributed by atoms with Crippen molar-refractivity contribution in [3.05, 3.63) is 154 Å². The molecule has 55 heavy (non-hydrogen) atoms. The molecule has 4 aromatic carbocycles. The number of esters is 2. The van der Waals surface area contributed by atoms with Crippen molar-refractivity contribution in [1.82, 2.24) is 19.1 Å². The Kier molecular flexibility index (Phi) is 13.4. The van der Waals surface area contributed by atoms with E-state index in [4.69, 9.17) is 32.7 Å². The molecule has 12 heteroatoms. The van der Waals surface area contributed by atoms with Gasteiger partial charge in [-0.25, -0.2) is 19.6 Å². The van der Waals surface area contributed by atoms with Crippen LogP contribution in [0.15, 0.2) is 120 Å². The van der Waals surface area contributed by atoms with Crippen molar-refractivity contribution in [3.8, 4) is 11.4 Å². The van der Waals surface area contributed by atoms with Gasteiger partial charge in [0.2, 0.25) is 0 Å². The number of benzene rings is 4. The number of fused-ring (bicyclic) bond motifs is 6. The first-order valence-electron chi connectivity index (χ1n) is 17.5. The third-order valence-electron chi connectivity index (χ3n) is 8.41. The molecule has 8 rings (SSSR count). The number of alkyl halides is 2. The van der Waals surface area contributed by atoms with Gasteiger partial charge in [0.1, 0.15) is 22.7 Å². The molecule has 8 nitrogen and oxygen atoms in total. The van der Waals surface area contributed by atoms with Crippen LogP contribution in [0, 0.1) is 13.8 Å². The van der Waals surface area contributed by atoms with E-state index in [-0.39, 0.29) is 17.3 Å². The molecule has 2 aliphatic rings. The van der Waals surface area contributed by atoms with Gasteiger partial charge < -0.3 is 9.47 Å². The predicted molar refractivity (Wildman–Crippen MR) is 225 cm³/mol. The van der Waals surface area contributed by atoms with Gasteiger partial charge in [0.05, 0.1) is 29.9 Å². The number of para-hydroxylation sites is 2. The quantitative estimate of drug-likeness (QED) is 0.121. The number of ether oxygens (including phenoxy) is 2. The zero-order valence-corrected chi connectivity index (χ0v) is 33.8. The van der Waals surface area contributed by atoms with Crippen molar-refractivity contribution >= 4 is 80.6 Å². The highest BCUT2D eigenvalue weighted by molar-refractivity contribution is 8.08. The number of imidazole rings is 2. The van der Waals surface area contributed by atoms with E-state index in [0.29, 0.717) is 24.6 Å². The Labute approximate surface area is 339 Å². The topological polar surface area (TPSA) is 88.2 Å². The Bertz CT molecular complexity index is 2200. The Balaban J connectivity index is 0.000000175. The molecule has 2 aliphatic heterocycles. The van der Waals surface area contributed by atoms with Gasteiger partial charge in [-0.05, 0) is 63.1 Å². The molecule has 2 aromatic heterocycles. The van der Waals surface area contributed by atoms with Crippen molar-refractivity contribution in [3.63, 3.8) is 0 Å². The Morgan fingerprint density at radius 3 is 1.35 bits per heavy atom. The van der Waals surface area contributed by atoms with Crippen LogP contribution >= 0.6 is 46.7 Å². The van der Waals surface area contributed by atoms with Gasteiger partial charge in [-0.15, -0.1) is 23.2 Å². The summed E-state index contributed by atoms with van der Waals surface area (Å²) in [6.07, 6.45) is 7.68. The van der Waals surface area contributed by atoms with E-state index in [9.17, 15) is 9.59 Å². The summed E-state index contributed by atoms with van der Waals surface area (Å²) in [4.78, 5) is 35.3. The number of nitrogens with zero attached hydrogens (tertiary/aromatic N) is 4. The Morgan fingerprint density at radius 1 is 0.618 bits per heavy atom. The highest BCUT2D eigenvalue weighted by atomic mass is 35.5. The zero-order chi connectivity index (χ0) is 38.9. The lowest BCUT2D eigenvalue weighted by molar-refractivity contribution is 0.0506. The molecule has 0 saturated carbocycles. The van der Waals surface area contributed by atoms with Crippen molar-refractivity contribution in [2.75, 3.05) is 18.6 Å². The second-order valence-electron chi connectivity index (χ2n) is 12.2. The number of aryl methyl sites for hydroxylation is 2. The van der Waals surface area contributed by atoms with Crippen molar-refractivity contribution in [2.24, 2.45) is 0 Å². The molecule has 4 heterocycles. The summed E-state index contributed by atoms with van der Waals surface area (Å²) in [5, 5.41) is 1.78. The predicted octanol–water partition coefficient (Wildman–Crippen LogP) is 11.3. The number of carbonyl (C=O) groups is 2. The van der Waals surface area contributed by atoms with Crippen LogP contribution in [-0.4, -0.2) is 49.6 Å². The maximum atomic E-state index is 12.3. The highest BCUT2D eigenvalue weighted by Crippen LogP contribution is 2.46. The van der Waals surface area contributed by atoms with Gasteiger partial charge in [0, 0.05) is 20.9 Å². The van der Waals surface area contributed by atoms with Crippen LogP contribution in [0.3, 0.4) is 0 Å². The molecule has 0 radical (unpaired) electrons. The fraction of sp³-hybridized carbons (Fsp3) is 0.163. The average molecular weight is 810 g/mol. The van der Waals surface area contributed by atoms with Crippen molar-refractivity contribution in [1.29, 1.82) is 0 Å². The largest absolute Gasteiger partial charge is 0.461 e. The number of rotatable bonds is 6. The van der Waals surface area contributed by atoms with Gasteiger partial charge in [-0.3, -0.25) is 9.13 Å². The van der Waals surface area contributed by atoms with E-state index < -0.39 is 0 Å². The second kappa shape index (κ2) is 18.6. The third-order valence-corrected chi connectivity index (χ3v) is 10.7. The van der Waals surface area contributed by atoms with Gasteiger partial charge >= 0.3 is 11.9 Å². The summed E-state index contributed by atoms with van der Waals surface area (Å²) < 4.78 is 14.2. The van der Waals surface area contributed by atoms with E-state index in [1.54, 1.807) is 50.0 Å². The molecule has 6 aromatic rings. The number of hydrogen-bond acceptors (Lipinski definition) is 8. The van der Waals surface area contributed by atoms with E-state index in [1.807, 2.05) is 45.5 Å². The minimum Gasteiger partial charge on any atom is -0.461 e. The zero-order valence-electron chi connectivity index (χ0n) is 30.7. The third kappa shape index (κ3) is 9.11. The van der Waals surface area contributed by atoms with Crippen LogP contribution in [0.4, 0.5) is 0 Å². The molecule has 0 amide bonds. The molecular formula is C43H38Cl2N4O4S2. The average Bonchev–Trinajstić information content (AvgIpc) is 3.83. The minimum absolute atomic E-state index is 0.194. The Hall–Kier alpha value is -5.00. The fourth-order valence-electron chi connectivity index (χ4n) is 5.84. The van der Waals surface area contributed by atoms with Crippen LogP contribution in [0.25, 0.3) is 33.3 Å². The first-order chi connectivity index (χ1) is 26.8. The van der Waals surface area contributed by atoms with Crippen LogP contribution in [0.2, 0.25) is 0 Å². The molecule has 0 atom stereocenters. The normalized spacial score (nSPS) is 13.6. The number of carbonyl (C=O) groups excluding carboxylic acids is 2.